The Morgan fingerprint density at radius 2 is 2.37 bits per heavy atom. The van der Waals surface area contributed by atoms with Gasteiger partial charge in [-0.25, -0.2) is 4.98 Å². The summed E-state index contributed by atoms with van der Waals surface area (Å²) in [5.41, 5.74) is 0. The van der Waals surface area contributed by atoms with Crippen molar-refractivity contribution in [2.24, 2.45) is 13.0 Å². The SMILES string of the molecule is CCNC(C)C1CCCN(CCc2nccn2C)C1. The quantitative estimate of drug-likeness (QED) is 0.848. The van der Waals surface area contributed by atoms with Crippen molar-refractivity contribution in [3.63, 3.8) is 0 Å². The van der Waals surface area contributed by atoms with Crippen molar-refractivity contribution in [2.45, 2.75) is 39.2 Å². The van der Waals surface area contributed by atoms with Crippen LogP contribution in [0.3, 0.4) is 0 Å². The third-order valence-corrected chi connectivity index (χ3v) is 4.35. The Bertz CT molecular complexity index is 374. The molecule has 19 heavy (non-hydrogen) atoms. The maximum absolute atomic E-state index is 4.41. The van der Waals surface area contributed by atoms with Crippen LogP contribution >= 0.6 is 0 Å². The minimum atomic E-state index is 0.640. The van der Waals surface area contributed by atoms with Crippen molar-refractivity contribution in [1.82, 2.24) is 19.8 Å². The van der Waals surface area contributed by atoms with Crippen molar-refractivity contribution in [3.8, 4) is 0 Å². The molecule has 108 valence electrons. The third kappa shape index (κ3) is 4.05. The van der Waals surface area contributed by atoms with Gasteiger partial charge >= 0.3 is 0 Å². The van der Waals surface area contributed by atoms with E-state index in [0.29, 0.717) is 6.04 Å². The molecular weight excluding hydrogens is 236 g/mol. The van der Waals surface area contributed by atoms with Gasteiger partial charge in [0.25, 0.3) is 0 Å². The van der Waals surface area contributed by atoms with Gasteiger partial charge in [-0.3, -0.25) is 0 Å². The first kappa shape index (κ1) is 14.5. The third-order valence-electron chi connectivity index (χ3n) is 4.35. The average Bonchev–Trinajstić information content (AvgIpc) is 2.82. The van der Waals surface area contributed by atoms with Gasteiger partial charge in [0.15, 0.2) is 0 Å². The fraction of sp³-hybridized carbons (Fsp3) is 0.800. The monoisotopic (exact) mass is 264 g/mol. The van der Waals surface area contributed by atoms with E-state index < -0.39 is 0 Å². The van der Waals surface area contributed by atoms with Crippen LogP contribution in [-0.2, 0) is 13.5 Å². The van der Waals surface area contributed by atoms with E-state index in [1.54, 1.807) is 0 Å². The molecule has 1 fully saturated rings. The Balaban J connectivity index is 1.79. The zero-order valence-corrected chi connectivity index (χ0v) is 12.6. The number of imidazole rings is 1. The summed E-state index contributed by atoms with van der Waals surface area (Å²) >= 11 is 0. The number of aryl methyl sites for hydroxylation is 1. The Kier molecular flexibility index (Phi) is 5.40. The van der Waals surface area contributed by atoms with E-state index in [9.17, 15) is 0 Å². The van der Waals surface area contributed by atoms with E-state index >= 15 is 0 Å². The van der Waals surface area contributed by atoms with Gasteiger partial charge in [0.1, 0.15) is 5.82 Å². The van der Waals surface area contributed by atoms with Crippen LogP contribution in [0.1, 0.15) is 32.5 Å². The molecule has 4 heteroatoms. The highest BCUT2D eigenvalue weighted by Gasteiger charge is 2.23. The van der Waals surface area contributed by atoms with Crippen molar-refractivity contribution < 1.29 is 0 Å². The van der Waals surface area contributed by atoms with Crippen LogP contribution in [0, 0.1) is 5.92 Å². The maximum atomic E-state index is 4.41. The second-order valence-electron chi connectivity index (χ2n) is 5.75. The van der Waals surface area contributed by atoms with Crippen molar-refractivity contribution in [2.75, 3.05) is 26.2 Å². The topological polar surface area (TPSA) is 33.1 Å². The Labute approximate surface area is 117 Å². The largest absolute Gasteiger partial charge is 0.338 e. The van der Waals surface area contributed by atoms with E-state index in [1.807, 2.05) is 12.4 Å². The number of nitrogens with zero attached hydrogens (tertiary/aromatic N) is 3. The molecule has 1 aliphatic rings. The molecule has 1 aromatic rings. The highest BCUT2D eigenvalue weighted by Crippen LogP contribution is 2.19. The molecule has 0 aromatic carbocycles. The number of piperidine rings is 1. The predicted octanol–water partition coefficient (Wildman–Crippen LogP) is 1.67. The number of likely N-dealkylation sites (tertiary alicyclic amines) is 1. The molecule has 0 amide bonds. The van der Waals surface area contributed by atoms with E-state index in [2.05, 4.69) is 40.7 Å². The van der Waals surface area contributed by atoms with E-state index in [0.717, 1.165) is 25.4 Å². The zero-order chi connectivity index (χ0) is 13.7. The summed E-state index contributed by atoms with van der Waals surface area (Å²) in [6.07, 6.45) is 7.68. The van der Waals surface area contributed by atoms with Gasteiger partial charge < -0.3 is 14.8 Å². The average molecular weight is 264 g/mol. The number of hydrogen-bond donors (Lipinski definition) is 1. The highest BCUT2D eigenvalue weighted by molar-refractivity contribution is 4.92. The molecule has 2 unspecified atom stereocenters. The lowest BCUT2D eigenvalue weighted by molar-refractivity contribution is 0.152. The van der Waals surface area contributed by atoms with E-state index in [4.69, 9.17) is 0 Å². The summed E-state index contributed by atoms with van der Waals surface area (Å²) in [4.78, 5) is 7.02. The number of aromatic nitrogens is 2. The minimum absolute atomic E-state index is 0.640. The van der Waals surface area contributed by atoms with Crippen LogP contribution in [-0.4, -0.2) is 46.7 Å². The summed E-state index contributed by atoms with van der Waals surface area (Å²) in [6.45, 7) is 9.22. The van der Waals surface area contributed by atoms with Gasteiger partial charge in [-0.2, -0.15) is 0 Å². The van der Waals surface area contributed by atoms with E-state index in [1.165, 1.54) is 31.8 Å². The molecule has 1 aliphatic heterocycles. The van der Waals surface area contributed by atoms with Crippen molar-refractivity contribution in [1.29, 1.82) is 0 Å². The molecule has 0 bridgehead atoms. The molecule has 2 atom stereocenters. The highest BCUT2D eigenvalue weighted by atomic mass is 15.1. The van der Waals surface area contributed by atoms with Crippen LogP contribution in [0.15, 0.2) is 12.4 Å². The molecule has 0 aliphatic carbocycles. The minimum Gasteiger partial charge on any atom is -0.338 e. The summed E-state index contributed by atoms with van der Waals surface area (Å²) in [6, 6.07) is 0.640. The Morgan fingerprint density at radius 1 is 1.53 bits per heavy atom. The molecule has 1 N–H and O–H groups in total. The van der Waals surface area contributed by atoms with Crippen LogP contribution < -0.4 is 5.32 Å². The molecule has 0 spiro atoms. The molecular formula is C15H28N4. The maximum Gasteiger partial charge on any atom is 0.109 e. The van der Waals surface area contributed by atoms with Gasteiger partial charge in [0.05, 0.1) is 0 Å². The summed E-state index contributed by atoms with van der Waals surface area (Å²) in [7, 11) is 2.08. The fourth-order valence-electron chi connectivity index (χ4n) is 3.09. The van der Waals surface area contributed by atoms with Crippen LogP contribution in [0.2, 0.25) is 0 Å². The second-order valence-corrected chi connectivity index (χ2v) is 5.75. The standard InChI is InChI=1S/C15H28N4/c1-4-16-13(2)14-6-5-9-19(12-14)10-7-15-17-8-11-18(15)3/h8,11,13-14,16H,4-7,9-10,12H2,1-3H3. The van der Waals surface area contributed by atoms with Crippen LogP contribution in [0.4, 0.5) is 0 Å². The molecule has 1 aromatic heterocycles. The van der Waals surface area contributed by atoms with Gasteiger partial charge in [-0.15, -0.1) is 0 Å². The molecule has 0 radical (unpaired) electrons. The first-order chi connectivity index (χ1) is 9.20. The van der Waals surface area contributed by atoms with Gasteiger partial charge in [-0.1, -0.05) is 6.92 Å². The van der Waals surface area contributed by atoms with Gasteiger partial charge in [-0.05, 0) is 38.8 Å². The molecule has 4 nitrogen and oxygen atoms in total. The Hall–Kier alpha value is -0.870. The molecule has 2 heterocycles. The van der Waals surface area contributed by atoms with Gasteiger partial charge in [0.2, 0.25) is 0 Å². The fourth-order valence-corrected chi connectivity index (χ4v) is 3.09. The predicted molar refractivity (Wildman–Crippen MR) is 79.2 cm³/mol. The first-order valence-corrected chi connectivity index (χ1v) is 7.62. The molecule has 0 saturated carbocycles. The normalized spacial score (nSPS) is 22.6. The Morgan fingerprint density at radius 3 is 3.05 bits per heavy atom. The lowest BCUT2D eigenvalue weighted by atomic mass is 9.91. The molecule has 1 saturated heterocycles. The number of hydrogen-bond acceptors (Lipinski definition) is 3. The zero-order valence-electron chi connectivity index (χ0n) is 12.6. The first-order valence-electron chi connectivity index (χ1n) is 7.62. The van der Waals surface area contributed by atoms with Crippen LogP contribution in [0.25, 0.3) is 0 Å². The molecule has 2 rings (SSSR count). The number of rotatable bonds is 6. The second kappa shape index (κ2) is 7.06. The lowest BCUT2D eigenvalue weighted by Crippen LogP contribution is -2.45. The van der Waals surface area contributed by atoms with Gasteiger partial charge in [0, 0.05) is 45.0 Å². The smallest absolute Gasteiger partial charge is 0.109 e. The number of nitrogens with one attached hydrogen (secondary N) is 1. The van der Waals surface area contributed by atoms with Crippen molar-refractivity contribution >= 4 is 0 Å². The lowest BCUT2D eigenvalue weighted by Gasteiger charge is -2.36. The summed E-state index contributed by atoms with van der Waals surface area (Å²) in [5, 5.41) is 3.57. The summed E-state index contributed by atoms with van der Waals surface area (Å²) in [5.74, 6) is 2.00. The van der Waals surface area contributed by atoms with E-state index in [-0.39, 0.29) is 0 Å². The van der Waals surface area contributed by atoms with Crippen molar-refractivity contribution in [3.05, 3.63) is 18.2 Å². The summed E-state index contributed by atoms with van der Waals surface area (Å²) < 4.78 is 2.13. The van der Waals surface area contributed by atoms with Crippen LogP contribution in [0.5, 0.6) is 0 Å².